The fraction of sp³-hybridized carbons (Fsp3) is 0.476. The molecule has 0 saturated carbocycles. The molecule has 30 heavy (non-hydrogen) atoms. The van der Waals surface area contributed by atoms with Crippen LogP contribution in [0.5, 0.6) is 5.75 Å². The molecule has 1 saturated heterocycles. The van der Waals surface area contributed by atoms with E-state index in [0.29, 0.717) is 16.9 Å². The topological polar surface area (TPSA) is 90.4 Å². The number of nitrogens with zero attached hydrogens (tertiary/aromatic N) is 5. The van der Waals surface area contributed by atoms with Crippen LogP contribution in [0.3, 0.4) is 0 Å². The molecule has 0 amide bonds. The van der Waals surface area contributed by atoms with Crippen LogP contribution in [-0.4, -0.2) is 75.6 Å². The number of hydrogen-bond acceptors (Lipinski definition) is 7. The number of nitrogens with one attached hydrogen (secondary N) is 1. The molecule has 1 aromatic carbocycles. The molecule has 9 heteroatoms. The van der Waals surface area contributed by atoms with Gasteiger partial charge in [0, 0.05) is 56.8 Å². The van der Waals surface area contributed by atoms with Gasteiger partial charge in [0.05, 0.1) is 17.3 Å². The van der Waals surface area contributed by atoms with E-state index in [-0.39, 0.29) is 18.5 Å². The minimum atomic E-state index is -0.422. The molecule has 8 nitrogen and oxygen atoms in total. The van der Waals surface area contributed by atoms with Gasteiger partial charge in [-0.2, -0.15) is 5.10 Å². The van der Waals surface area contributed by atoms with Crippen LogP contribution < -0.4 is 9.64 Å². The molecule has 3 heterocycles. The molecule has 0 radical (unpaired) electrons. The highest BCUT2D eigenvalue weighted by Gasteiger charge is 2.20. The molecule has 160 valence electrons. The van der Waals surface area contributed by atoms with E-state index < -0.39 is 5.82 Å². The van der Waals surface area contributed by atoms with Crippen molar-refractivity contribution in [3.63, 3.8) is 0 Å². The Balaban J connectivity index is 1.57. The highest BCUT2D eigenvalue weighted by molar-refractivity contribution is 5.93. The molecule has 1 aliphatic heterocycles. The minimum Gasteiger partial charge on any atom is -0.488 e. The number of aromatic amines is 1. The molecule has 2 N–H and O–H groups in total. The Morgan fingerprint density at radius 1 is 1.17 bits per heavy atom. The number of anilines is 1. The highest BCUT2D eigenvalue weighted by atomic mass is 19.1. The molecule has 0 atom stereocenters. The maximum atomic E-state index is 14.3. The normalized spacial score (nSPS) is 15.3. The largest absolute Gasteiger partial charge is 0.488 e. The highest BCUT2D eigenvalue weighted by Crippen LogP contribution is 2.31. The van der Waals surface area contributed by atoms with Crippen molar-refractivity contribution in [1.29, 1.82) is 0 Å². The van der Waals surface area contributed by atoms with E-state index in [0.717, 1.165) is 50.3 Å². The summed E-state index contributed by atoms with van der Waals surface area (Å²) >= 11 is 0. The van der Waals surface area contributed by atoms with Gasteiger partial charge in [0.15, 0.2) is 11.6 Å². The molecular weight excluding hydrogens is 387 g/mol. The van der Waals surface area contributed by atoms with Crippen molar-refractivity contribution < 1.29 is 14.2 Å². The van der Waals surface area contributed by atoms with Gasteiger partial charge in [0.1, 0.15) is 17.8 Å². The van der Waals surface area contributed by atoms with Gasteiger partial charge in [-0.3, -0.25) is 10.00 Å². The monoisotopic (exact) mass is 414 g/mol. The first-order valence-electron chi connectivity index (χ1n) is 10.3. The second kappa shape index (κ2) is 8.93. The Morgan fingerprint density at radius 2 is 1.97 bits per heavy atom. The van der Waals surface area contributed by atoms with E-state index in [1.165, 1.54) is 6.07 Å². The first-order chi connectivity index (χ1) is 14.5. The fourth-order valence-corrected chi connectivity index (χ4v) is 3.70. The Kier molecular flexibility index (Phi) is 6.10. The van der Waals surface area contributed by atoms with E-state index in [2.05, 4.69) is 30.0 Å². The van der Waals surface area contributed by atoms with E-state index in [1.807, 2.05) is 19.9 Å². The van der Waals surface area contributed by atoms with Crippen LogP contribution in [0.4, 0.5) is 10.2 Å². The Bertz CT molecular complexity index is 1000. The van der Waals surface area contributed by atoms with Crippen molar-refractivity contribution in [2.75, 3.05) is 44.2 Å². The predicted octanol–water partition coefficient (Wildman–Crippen LogP) is 2.45. The van der Waals surface area contributed by atoms with Crippen LogP contribution in [-0.2, 0) is 0 Å². The summed E-state index contributed by atoms with van der Waals surface area (Å²) in [6.45, 7) is 8.44. The average molecular weight is 414 g/mol. The molecule has 0 unspecified atom stereocenters. The third-order valence-electron chi connectivity index (χ3n) is 5.20. The van der Waals surface area contributed by atoms with Crippen LogP contribution >= 0.6 is 0 Å². The van der Waals surface area contributed by atoms with Gasteiger partial charge in [-0.1, -0.05) is 0 Å². The third-order valence-corrected chi connectivity index (χ3v) is 5.20. The molecule has 4 rings (SSSR count). The second-order valence-electron chi connectivity index (χ2n) is 7.73. The van der Waals surface area contributed by atoms with Crippen molar-refractivity contribution in [3.05, 3.63) is 30.3 Å². The zero-order valence-corrected chi connectivity index (χ0v) is 17.3. The van der Waals surface area contributed by atoms with Crippen molar-refractivity contribution in [2.45, 2.75) is 26.4 Å². The van der Waals surface area contributed by atoms with E-state index >= 15 is 0 Å². The number of aliphatic hydroxyl groups excluding tert-OH is 1. The first kappa shape index (κ1) is 20.5. The lowest BCUT2D eigenvalue weighted by molar-refractivity contribution is 0.215. The van der Waals surface area contributed by atoms with Crippen LogP contribution in [0.15, 0.2) is 24.5 Å². The van der Waals surface area contributed by atoms with E-state index in [1.54, 1.807) is 12.4 Å². The summed E-state index contributed by atoms with van der Waals surface area (Å²) in [6, 6.07) is 4.99. The summed E-state index contributed by atoms with van der Waals surface area (Å²) in [5.41, 5.74) is 1.91. The molecule has 1 aliphatic rings. The van der Waals surface area contributed by atoms with Crippen molar-refractivity contribution in [1.82, 2.24) is 25.1 Å². The quantitative estimate of drug-likeness (QED) is 0.614. The smallest absolute Gasteiger partial charge is 0.167 e. The Labute approximate surface area is 174 Å². The van der Waals surface area contributed by atoms with Gasteiger partial charge in [-0.15, -0.1) is 0 Å². The summed E-state index contributed by atoms with van der Waals surface area (Å²) in [5.74, 6) is 0.626. The SMILES string of the molecule is CC(C)Oc1cc2c(-c3cc(N4CCN(CCCO)CC4)ncn3)n[nH]c2cc1F. The summed E-state index contributed by atoms with van der Waals surface area (Å²) in [7, 11) is 0. The standard InChI is InChI=1S/C21H27FN6O2/c1-14(2)30-19-10-15-17(11-16(19)22)25-26-21(15)18-12-20(24-13-23-18)28-7-5-27(6-8-28)4-3-9-29/h10-14,29H,3-9H2,1-2H3,(H,25,26). The average Bonchev–Trinajstić information content (AvgIpc) is 3.15. The molecule has 3 aromatic rings. The maximum absolute atomic E-state index is 14.3. The minimum absolute atomic E-state index is 0.131. The van der Waals surface area contributed by atoms with Crippen LogP contribution in [0.2, 0.25) is 0 Å². The number of halogens is 1. The molecule has 0 aliphatic carbocycles. The van der Waals surface area contributed by atoms with Crippen molar-refractivity contribution in [2.24, 2.45) is 0 Å². The number of rotatable bonds is 7. The lowest BCUT2D eigenvalue weighted by Gasteiger charge is -2.35. The van der Waals surface area contributed by atoms with Gasteiger partial charge < -0.3 is 14.7 Å². The molecule has 0 bridgehead atoms. The fourth-order valence-electron chi connectivity index (χ4n) is 3.70. The number of H-pyrrole nitrogens is 1. The van der Waals surface area contributed by atoms with Crippen LogP contribution in [0, 0.1) is 5.82 Å². The number of ether oxygens (including phenoxy) is 1. The Morgan fingerprint density at radius 3 is 2.70 bits per heavy atom. The maximum Gasteiger partial charge on any atom is 0.167 e. The zero-order chi connectivity index (χ0) is 21.1. The Hall–Kier alpha value is -2.78. The molecule has 2 aromatic heterocycles. The predicted molar refractivity (Wildman–Crippen MR) is 113 cm³/mol. The van der Waals surface area contributed by atoms with Crippen molar-refractivity contribution >= 4 is 16.7 Å². The number of aromatic nitrogens is 4. The van der Waals surface area contributed by atoms with Gasteiger partial charge in [0.2, 0.25) is 0 Å². The number of hydrogen-bond donors (Lipinski definition) is 2. The summed E-state index contributed by atoms with van der Waals surface area (Å²) < 4.78 is 19.9. The van der Waals surface area contributed by atoms with E-state index in [4.69, 9.17) is 9.84 Å². The zero-order valence-electron chi connectivity index (χ0n) is 17.3. The number of aliphatic hydroxyl groups is 1. The molecule has 1 fully saturated rings. The summed E-state index contributed by atoms with van der Waals surface area (Å²) in [6.07, 6.45) is 2.21. The van der Waals surface area contributed by atoms with Gasteiger partial charge in [0.25, 0.3) is 0 Å². The van der Waals surface area contributed by atoms with Crippen LogP contribution in [0.25, 0.3) is 22.3 Å². The first-order valence-corrected chi connectivity index (χ1v) is 10.3. The lowest BCUT2D eigenvalue weighted by Crippen LogP contribution is -2.47. The summed E-state index contributed by atoms with van der Waals surface area (Å²) in [5, 5.41) is 17.0. The van der Waals surface area contributed by atoms with Crippen LogP contribution in [0.1, 0.15) is 20.3 Å². The molecule has 0 spiro atoms. The van der Waals surface area contributed by atoms with E-state index in [9.17, 15) is 4.39 Å². The second-order valence-corrected chi connectivity index (χ2v) is 7.73. The lowest BCUT2D eigenvalue weighted by atomic mass is 10.1. The number of piperazine rings is 1. The number of benzene rings is 1. The number of fused-ring (bicyclic) bond motifs is 1. The van der Waals surface area contributed by atoms with Crippen molar-refractivity contribution in [3.8, 4) is 17.1 Å². The van der Waals surface area contributed by atoms with Gasteiger partial charge >= 0.3 is 0 Å². The molecular formula is C21H27FN6O2. The summed E-state index contributed by atoms with van der Waals surface area (Å²) in [4.78, 5) is 13.4. The van der Waals surface area contributed by atoms with Gasteiger partial charge in [-0.05, 0) is 26.3 Å². The van der Waals surface area contributed by atoms with Gasteiger partial charge in [-0.25, -0.2) is 14.4 Å². The third kappa shape index (κ3) is 4.36.